The molecule has 0 N–H and O–H groups in total. The second-order valence-corrected chi connectivity index (χ2v) is 7.59. The molecule has 0 unspecified atom stereocenters. The predicted octanol–water partition coefficient (Wildman–Crippen LogP) is 2.84. The number of ketones is 1. The summed E-state index contributed by atoms with van der Waals surface area (Å²) in [6, 6.07) is 9.00. The quantitative estimate of drug-likeness (QED) is 0.622. The summed E-state index contributed by atoms with van der Waals surface area (Å²) in [7, 11) is 0. The minimum absolute atomic E-state index is 0.0987. The van der Waals surface area contributed by atoms with Gasteiger partial charge in [0.05, 0.1) is 0 Å². The second kappa shape index (κ2) is 6.17. The van der Waals surface area contributed by atoms with Crippen LogP contribution in [0.3, 0.4) is 0 Å². The third-order valence-electron chi connectivity index (χ3n) is 4.64. The number of hydrogen-bond donors (Lipinski definition) is 0. The van der Waals surface area contributed by atoms with E-state index in [2.05, 4.69) is 0 Å². The van der Waals surface area contributed by atoms with Crippen LogP contribution in [0.5, 0.6) is 0 Å². The van der Waals surface area contributed by atoms with Gasteiger partial charge in [-0.15, -0.1) is 0 Å². The SMILES string of the molecule is CC(C)(C)OC(=O)[C@]12CC[C@H](CC1=O)N2C(=O)OCc1ccccc1. The summed E-state index contributed by atoms with van der Waals surface area (Å²) in [6.07, 6.45) is 0.444. The Labute approximate surface area is 147 Å². The molecule has 1 aromatic rings. The van der Waals surface area contributed by atoms with E-state index in [0.717, 1.165) is 5.56 Å². The van der Waals surface area contributed by atoms with Crippen LogP contribution < -0.4 is 0 Å². The molecule has 1 aromatic carbocycles. The van der Waals surface area contributed by atoms with Gasteiger partial charge < -0.3 is 9.47 Å². The van der Waals surface area contributed by atoms with Crippen molar-refractivity contribution in [2.45, 2.75) is 63.8 Å². The molecule has 2 aliphatic heterocycles. The Balaban J connectivity index is 1.78. The Kier molecular flexibility index (Phi) is 4.31. The van der Waals surface area contributed by atoms with Crippen LogP contribution in [-0.4, -0.2) is 39.9 Å². The van der Waals surface area contributed by atoms with Gasteiger partial charge in [0.15, 0.2) is 5.78 Å². The predicted molar refractivity (Wildman–Crippen MR) is 89.7 cm³/mol. The number of carbonyl (C=O) groups excluding carboxylic acids is 3. The fourth-order valence-electron chi connectivity index (χ4n) is 3.56. The molecule has 0 saturated carbocycles. The van der Waals surface area contributed by atoms with Crippen LogP contribution in [0.25, 0.3) is 0 Å². The molecule has 134 valence electrons. The van der Waals surface area contributed by atoms with Crippen LogP contribution >= 0.6 is 0 Å². The molecule has 2 fully saturated rings. The van der Waals surface area contributed by atoms with Crippen LogP contribution in [0.1, 0.15) is 45.6 Å². The lowest BCUT2D eigenvalue weighted by molar-refractivity contribution is -0.168. The van der Waals surface area contributed by atoms with Crippen molar-refractivity contribution >= 4 is 17.8 Å². The van der Waals surface area contributed by atoms with Gasteiger partial charge in [-0.25, -0.2) is 9.59 Å². The van der Waals surface area contributed by atoms with Crippen LogP contribution in [0.2, 0.25) is 0 Å². The van der Waals surface area contributed by atoms with Gasteiger partial charge in [0.1, 0.15) is 12.2 Å². The average Bonchev–Trinajstić information content (AvgIpc) is 3.05. The first-order valence-electron chi connectivity index (χ1n) is 8.51. The average molecular weight is 345 g/mol. The number of fused-ring (bicyclic) bond motifs is 2. The smallest absolute Gasteiger partial charge is 0.411 e. The van der Waals surface area contributed by atoms with Crippen molar-refractivity contribution in [3.63, 3.8) is 0 Å². The molecule has 0 aromatic heterocycles. The lowest BCUT2D eigenvalue weighted by Gasteiger charge is -2.33. The molecular weight excluding hydrogens is 322 g/mol. The monoisotopic (exact) mass is 345 g/mol. The van der Waals surface area contributed by atoms with Gasteiger partial charge in [-0.1, -0.05) is 30.3 Å². The summed E-state index contributed by atoms with van der Waals surface area (Å²) in [5, 5.41) is 0. The molecule has 0 spiro atoms. The third kappa shape index (κ3) is 3.13. The molecular formula is C19H23NO5. The highest BCUT2D eigenvalue weighted by Crippen LogP contribution is 2.45. The Hall–Kier alpha value is -2.37. The van der Waals surface area contributed by atoms with E-state index in [1.165, 1.54) is 4.90 Å². The van der Waals surface area contributed by atoms with Gasteiger partial charge in [-0.3, -0.25) is 9.69 Å². The van der Waals surface area contributed by atoms with Crippen molar-refractivity contribution in [2.24, 2.45) is 0 Å². The third-order valence-corrected chi connectivity index (χ3v) is 4.64. The Bertz CT molecular complexity index is 694. The van der Waals surface area contributed by atoms with Crippen molar-refractivity contribution < 1.29 is 23.9 Å². The van der Waals surface area contributed by atoms with Crippen molar-refractivity contribution in [3.05, 3.63) is 35.9 Å². The maximum atomic E-state index is 12.7. The summed E-state index contributed by atoms with van der Waals surface area (Å²) >= 11 is 0. The van der Waals surface area contributed by atoms with Gasteiger partial charge >= 0.3 is 12.1 Å². The molecule has 25 heavy (non-hydrogen) atoms. The van der Waals surface area contributed by atoms with E-state index in [4.69, 9.17) is 9.47 Å². The van der Waals surface area contributed by atoms with E-state index < -0.39 is 23.2 Å². The second-order valence-electron chi connectivity index (χ2n) is 7.59. The van der Waals surface area contributed by atoms with Crippen LogP contribution in [0.4, 0.5) is 4.79 Å². The number of benzene rings is 1. The van der Waals surface area contributed by atoms with Crippen molar-refractivity contribution in [1.29, 1.82) is 0 Å². The number of rotatable bonds is 3. The first-order chi connectivity index (χ1) is 11.7. The molecule has 6 nitrogen and oxygen atoms in total. The molecule has 0 aliphatic carbocycles. The van der Waals surface area contributed by atoms with Gasteiger partial charge in [0.25, 0.3) is 0 Å². The van der Waals surface area contributed by atoms with Gasteiger partial charge in [-0.2, -0.15) is 0 Å². The Morgan fingerprint density at radius 2 is 1.92 bits per heavy atom. The standard InChI is InChI=1S/C19H23NO5/c1-18(2,3)25-16(22)19-10-9-14(11-15(19)21)20(19)17(23)24-12-13-7-5-4-6-8-13/h4-8,14H,9-12H2,1-3H3/t14-,19+/m1/s1. The highest BCUT2D eigenvalue weighted by atomic mass is 16.6. The number of hydrogen-bond acceptors (Lipinski definition) is 5. The molecule has 0 radical (unpaired) electrons. The number of amides is 1. The summed E-state index contributed by atoms with van der Waals surface area (Å²) < 4.78 is 10.8. The zero-order valence-electron chi connectivity index (χ0n) is 14.8. The fourth-order valence-corrected chi connectivity index (χ4v) is 3.56. The van der Waals surface area contributed by atoms with Crippen molar-refractivity contribution in [3.8, 4) is 0 Å². The molecule has 3 rings (SSSR count). The van der Waals surface area contributed by atoms with E-state index in [1.807, 2.05) is 30.3 Å². The summed E-state index contributed by atoms with van der Waals surface area (Å²) in [5.41, 5.74) is -1.40. The van der Waals surface area contributed by atoms with Crippen LogP contribution in [-0.2, 0) is 25.7 Å². The topological polar surface area (TPSA) is 72.9 Å². The highest BCUT2D eigenvalue weighted by Gasteiger charge is 2.66. The van der Waals surface area contributed by atoms with Crippen LogP contribution in [0, 0.1) is 0 Å². The number of esters is 1. The minimum Gasteiger partial charge on any atom is -0.458 e. The maximum absolute atomic E-state index is 12.7. The highest BCUT2D eigenvalue weighted by molar-refractivity contribution is 6.13. The van der Waals surface area contributed by atoms with Crippen LogP contribution in [0.15, 0.2) is 30.3 Å². The molecule has 2 bridgehead atoms. The molecule has 2 heterocycles. The fraction of sp³-hybridized carbons (Fsp3) is 0.526. The van der Waals surface area contributed by atoms with Gasteiger partial charge in [0.2, 0.25) is 5.54 Å². The molecule has 2 atom stereocenters. The van der Waals surface area contributed by atoms with E-state index in [0.29, 0.717) is 12.8 Å². The van der Waals surface area contributed by atoms with Crippen molar-refractivity contribution in [2.75, 3.05) is 0 Å². The Morgan fingerprint density at radius 1 is 1.24 bits per heavy atom. The molecule has 2 saturated heterocycles. The lowest BCUT2D eigenvalue weighted by atomic mass is 9.86. The number of carbonyl (C=O) groups is 3. The zero-order chi connectivity index (χ0) is 18.2. The first kappa shape index (κ1) is 17.5. The number of nitrogens with zero attached hydrogens (tertiary/aromatic N) is 1. The summed E-state index contributed by atoms with van der Waals surface area (Å²) in [5.74, 6) is -0.906. The zero-order valence-corrected chi connectivity index (χ0v) is 14.8. The van der Waals surface area contributed by atoms with E-state index in [-0.39, 0.29) is 24.9 Å². The Morgan fingerprint density at radius 3 is 2.52 bits per heavy atom. The number of ether oxygens (including phenoxy) is 2. The van der Waals surface area contributed by atoms with E-state index >= 15 is 0 Å². The summed E-state index contributed by atoms with van der Waals surface area (Å²) in [4.78, 5) is 39.2. The van der Waals surface area contributed by atoms with Gasteiger partial charge in [-0.05, 0) is 39.2 Å². The van der Waals surface area contributed by atoms with Gasteiger partial charge in [0, 0.05) is 12.5 Å². The summed E-state index contributed by atoms with van der Waals surface area (Å²) in [6.45, 7) is 5.32. The maximum Gasteiger partial charge on any atom is 0.411 e. The minimum atomic E-state index is -1.52. The number of Topliss-reactive ketones (excluding diaryl/α,β-unsaturated/α-hetero) is 1. The molecule has 6 heteroatoms. The largest absolute Gasteiger partial charge is 0.458 e. The normalized spacial score (nSPS) is 25.2. The molecule has 1 amide bonds. The molecule has 2 aliphatic rings. The first-order valence-corrected chi connectivity index (χ1v) is 8.51. The van der Waals surface area contributed by atoms with E-state index in [9.17, 15) is 14.4 Å². The lowest BCUT2D eigenvalue weighted by Crippen LogP contribution is -2.56. The van der Waals surface area contributed by atoms with Crippen molar-refractivity contribution in [1.82, 2.24) is 4.90 Å². The van der Waals surface area contributed by atoms with E-state index in [1.54, 1.807) is 20.8 Å².